The van der Waals surface area contributed by atoms with Crippen LogP contribution in [0.25, 0.3) is 0 Å². The number of carbonyl (C=O) groups is 2. The number of amides is 1. The fourth-order valence-corrected chi connectivity index (χ4v) is 1.70. The molecule has 20 heavy (non-hydrogen) atoms. The Morgan fingerprint density at radius 3 is 2.65 bits per heavy atom. The van der Waals surface area contributed by atoms with E-state index in [2.05, 4.69) is 10.3 Å². The number of benzene rings is 1. The second kappa shape index (κ2) is 5.66. The Balaban J connectivity index is 2.24. The quantitative estimate of drug-likeness (QED) is 0.853. The van der Waals surface area contributed by atoms with Crippen LogP contribution in [0.1, 0.15) is 20.8 Å². The first-order valence-corrected chi connectivity index (χ1v) is 5.82. The second-order valence-corrected chi connectivity index (χ2v) is 4.21. The molecule has 102 valence electrons. The maximum absolute atomic E-state index is 12.9. The summed E-state index contributed by atoms with van der Waals surface area (Å²) >= 11 is 5.71. The highest BCUT2D eigenvalue weighted by Crippen LogP contribution is 2.21. The van der Waals surface area contributed by atoms with Gasteiger partial charge in [-0.25, -0.2) is 9.78 Å². The van der Waals surface area contributed by atoms with Gasteiger partial charge in [0.05, 0.1) is 10.6 Å². The van der Waals surface area contributed by atoms with Crippen molar-refractivity contribution in [3.8, 4) is 0 Å². The zero-order valence-electron chi connectivity index (χ0n) is 9.93. The van der Waals surface area contributed by atoms with Crippen LogP contribution in [0.2, 0.25) is 5.02 Å². The van der Waals surface area contributed by atoms with E-state index in [-0.39, 0.29) is 22.0 Å². The van der Waals surface area contributed by atoms with Crippen molar-refractivity contribution in [3.63, 3.8) is 0 Å². The molecule has 0 saturated heterocycles. The minimum Gasteiger partial charge on any atom is -0.478 e. The number of carboxylic acid groups (broad SMARTS) is 1. The van der Waals surface area contributed by atoms with Crippen molar-refractivity contribution in [1.29, 1.82) is 0 Å². The SMILES string of the molecule is O=C(Nc1ccc(Cl)c(C(=O)O)c1)c1cccc(F)n1. The van der Waals surface area contributed by atoms with Crippen molar-refractivity contribution in [2.75, 3.05) is 5.32 Å². The molecule has 0 aliphatic rings. The number of hydrogen-bond donors (Lipinski definition) is 2. The summed E-state index contributed by atoms with van der Waals surface area (Å²) in [5.41, 5.74) is -0.0312. The number of halogens is 2. The lowest BCUT2D eigenvalue weighted by Crippen LogP contribution is -2.14. The Hall–Kier alpha value is -2.47. The second-order valence-electron chi connectivity index (χ2n) is 3.80. The molecular formula is C13H8ClFN2O3. The van der Waals surface area contributed by atoms with Gasteiger partial charge in [0.2, 0.25) is 5.95 Å². The highest BCUT2D eigenvalue weighted by molar-refractivity contribution is 6.33. The smallest absolute Gasteiger partial charge is 0.337 e. The van der Waals surface area contributed by atoms with E-state index in [0.717, 1.165) is 6.07 Å². The Bertz CT molecular complexity index is 691. The lowest BCUT2D eigenvalue weighted by molar-refractivity contribution is 0.0696. The minimum absolute atomic E-state index is 0.0550. The Morgan fingerprint density at radius 2 is 2.00 bits per heavy atom. The number of aromatic nitrogens is 1. The molecule has 1 amide bonds. The van der Waals surface area contributed by atoms with E-state index >= 15 is 0 Å². The van der Waals surface area contributed by atoms with Crippen LogP contribution < -0.4 is 5.32 Å². The molecule has 0 saturated carbocycles. The van der Waals surface area contributed by atoms with Gasteiger partial charge >= 0.3 is 5.97 Å². The van der Waals surface area contributed by atoms with Gasteiger partial charge in [-0.15, -0.1) is 0 Å². The van der Waals surface area contributed by atoms with Gasteiger partial charge in [0.1, 0.15) is 5.69 Å². The maximum atomic E-state index is 12.9. The molecule has 2 aromatic rings. The van der Waals surface area contributed by atoms with Gasteiger partial charge in [0.15, 0.2) is 0 Å². The number of pyridine rings is 1. The summed E-state index contributed by atoms with van der Waals surface area (Å²) in [6, 6.07) is 7.79. The first kappa shape index (κ1) is 14.0. The van der Waals surface area contributed by atoms with Gasteiger partial charge in [0.25, 0.3) is 5.91 Å². The Kier molecular flexibility index (Phi) is 3.95. The summed E-state index contributed by atoms with van der Waals surface area (Å²) in [6.45, 7) is 0. The number of aromatic carboxylic acids is 1. The highest BCUT2D eigenvalue weighted by Gasteiger charge is 2.12. The van der Waals surface area contributed by atoms with Crippen LogP contribution in [0.15, 0.2) is 36.4 Å². The number of anilines is 1. The molecule has 2 N–H and O–H groups in total. The molecule has 0 atom stereocenters. The molecule has 0 spiro atoms. The first-order valence-electron chi connectivity index (χ1n) is 5.44. The summed E-state index contributed by atoms with van der Waals surface area (Å²) in [4.78, 5) is 26.2. The van der Waals surface area contributed by atoms with Gasteiger partial charge in [-0.05, 0) is 30.3 Å². The van der Waals surface area contributed by atoms with Crippen molar-refractivity contribution in [2.45, 2.75) is 0 Å². The van der Waals surface area contributed by atoms with E-state index in [1.165, 1.54) is 30.3 Å². The van der Waals surface area contributed by atoms with Crippen LogP contribution in [0.4, 0.5) is 10.1 Å². The molecular weight excluding hydrogens is 287 g/mol. The van der Waals surface area contributed by atoms with Crippen LogP contribution >= 0.6 is 11.6 Å². The number of rotatable bonds is 3. The molecule has 0 radical (unpaired) electrons. The molecule has 0 bridgehead atoms. The van der Waals surface area contributed by atoms with E-state index < -0.39 is 17.8 Å². The molecule has 7 heteroatoms. The molecule has 0 aliphatic carbocycles. The normalized spacial score (nSPS) is 10.1. The number of carbonyl (C=O) groups excluding carboxylic acids is 1. The summed E-state index contributed by atoms with van der Waals surface area (Å²) in [7, 11) is 0. The fraction of sp³-hybridized carbons (Fsp3) is 0. The summed E-state index contributed by atoms with van der Waals surface area (Å²) in [5, 5.41) is 11.4. The maximum Gasteiger partial charge on any atom is 0.337 e. The first-order chi connectivity index (χ1) is 9.47. The zero-order chi connectivity index (χ0) is 14.7. The molecule has 1 aromatic carbocycles. The molecule has 1 aromatic heterocycles. The van der Waals surface area contributed by atoms with Crippen LogP contribution in [0.5, 0.6) is 0 Å². The average Bonchev–Trinajstić information content (AvgIpc) is 2.40. The van der Waals surface area contributed by atoms with Crippen molar-refractivity contribution < 1.29 is 19.1 Å². The van der Waals surface area contributed by atoms with E-state index in [4.69, 9.17) is 16.7 Å². The Morgan fingerprint density at radius 1 is 1.25 bits per heavy atom. The van der Waals surface area contributed by atoms with Crippen LogP contribution in [0, 0.1) is 5.95 Å². The van der Waals surface area contributed by atoms with Gasteiger partial charge < -0.3 is 10.4 Å². The van der Waals surface area contributed by atoms with Crippen LogP contribution in [0.3, 0.4) is 0 Å². The number of hydrogen-bond acceptors (Lipinski definition) is 3. The standard InChI is InChI=1S/C13H8ClFN2O3/c14-9-5-4-7(6-8(9)13(19)20)16-12(18)10-2-1-3-11(15)17-10/h1-6H,(H,16,18)(H,19,20). The summed E-state index contributed by atoms with van der Waals surface area (Å²) < 4.78 is 12.9. The predicted octanol–water partition coefficient (Wildman–Crippen LogP) is 2.82. The lowest BCUT2D eigenvalue weighted by Gasteiger charge is -2.06. The van der Waals surface area contributed by atoms with Gasteiger partial charge in [-0.2, -0.15) is 4.39 Å². The van der Waals surface area contributed by atoms with Gasteiger partial charge in [0, 0.05) is 5.69 Å². The van der Waals surface area contributed by atoms with Gasteiger partial charge in [-0.3, -0.25) is 4.79 Å². The van der Waals surface area contributed by atoms with Crippen molar-refractivity contribution >= 4 is 29.2 Å². The number of nitrogens with zero attached hydrogens (tertiary/aromatic N) is 1. The molecule has 5 nitrogen and oxygen atoms in total. The monoisotopic (exact) mass is 294 g/mol. The van der Waals surface area contributed by atoms with Crippen LogP contribution in [-0.4, -0.2) is 22.0 Å². The topological polar surface area (TPSA) is 79.3 Å². The largest absolute Gasteiger partial charge is 0.478 e. The number of carboxylic acids is 1. The molecule has 0 unspecified atom stereocenters. The average molecular weight is 295 g/mol. The van der Waals surface area contributed by atoms with Crippen LogP contribution in [-0.2, 0) is 0 Å². The molecule has 1 heterocycles. The van der Waals surface area contributed by atoms with E-state index in [1.807, 2.05) is 0 Å². The van der Waals surface area contributed by atoms with Crippen molar-refractivity contribution in [3.05, 3.63) is 58.6 Å². The molecule has 0 fully saturated rings. The number of nitrogens with one attached hydrogen (secondary N) is 1. The summed E-state index contributed by atoms with van der Waals surface area (Å²) in [5.74, 6) is -2.64. The summed E-state index contributed by atoms with van der Waals surface area (Å²) in [6.07, 6.45) is 0. The third-order valence-corrected chi connectivity index (χ3v) is 2.73. The third kappa shape index (κ3) is 3.10. The Labute approximate surface area is 118 Å². The highest BCUT2D eigenvalue weighted by atomic mass is 35.5. The third-order valence-electron chi connectivity index (χ3n) is 2.40. The predicted molar refractivity (Wildman–Crippen MR) is 70.6 cm³/mol. The van der Waals surface area contributed by atoms with Gasteiger partial charge in [-0.1, -0.05) is 17.7 Å². The van der Waals surface area contributed by atoms with Crippen molar-refractivity contribution in [1.82, 2.24) is 4.98 Å². The minimum atomic E-state index is -1.21. The fourth-order valence-electron chi connectivity index (χ4n) is 1.50. The van der Waals surface area contributed by atoms with Crippen molar-refractivity contribution in [2.24, 2.45) is 0 Å². The lowest BCUT2D eigenvalue weighted by atomic mass is 10.2. The van der Waals surface area contributed by atoms with E-state index in [1.54, 1.807) is 0 Å². The van der Waals surface area contributed by atoms with E-state index in [9.17, 15) is 14.0 Å². The van der Waals surface area contributed by atoms with E-state index in [0.29, 0.717) is 0 Å². The molecule has 2 rings (SSSR count). The zero-order valence-corrected chi connectivity index (χ0v) is 10.7. The molecule has 0 aliphatic heterocycles.